The third-order valence-corrected chi connectivity index (χ3v) is 7.29. The van der Waals surface area contributed by atoms with Crippen LogP contribution in [0.3, 0.4) is 0 Å². The van der Waals surface area contributed by atoms with Crippen LogP contribution in [-0.2, 0) is 12.8 Å². The maximum Gasteiger partial charge on any atom is 0.202 e. The number of tetrazole rings is 1. The van der Waals surface area contributed by atoms with E-state index in [0.29, 0.717) is 11.6 Å². The fraction of sp³-hybridized carbons (Fsp3) is 0.304. The van der Waals surface area contributed by atoms with E-state index in [2.05, 4.69) is 38.8 Å². The van der Waals surface area contributed by atoms with Crippen molar-refractivity contribution in [3.8, 4) is 33.3 Å². The summed E-state index contributed by atoms with van der Waals surface area (Å²) >= 11 is 1.74. The number of methoxy groups -OCH3 is 1. The molecule has 1 aromatic carbocycles. The minimum absolute atomic E-state index is 0.156. The van der Waals surface area contributed by atoms with E-state index in [1.54, 1.807) is 17.5 Å². The number of nitrogens with two attached hydrogens (primary N) is 1. The van der Waals surface area contributed by atoms with Gasteiger partial charge in [-0.1, -0.05) is 6.92 Å². The SMILES string of the molecule is CCC1Cc2sc(-c3cnc(N)c(-c4nnnn4-c4ccc(OC)c(F)c4F)c3)cc2CCN1. The van der Waals surface area contributed by atoms with Gasteiger partial charge in [0.15, 0.2) is 17.4 Å². The van der Waals surface area contributed by atoms with Crippen molar-refractivity contribution in [1.29, 1.82) is 0 Å². The highest BCUT2D eigenvalue weighted by Crippen LogP contribution is 2.37. The number of hydrogen-bond acceptors (Lipinski definition) is 8. The first kappa shape index (κ1) is 22.4. The molecule has 3 N–H and O–H groups in total. The smallest absolute Gasteiger partial charge is 0.202 e. The molecular weight excluding hydrogens is 460 g/mol. The molecule has 3 aromatic heterocycles. The molecule has 11 heteroatoms. The number of hydrogen-bond donors (Lipinski definition) is 2. The molecule has 4 aromatic rings. The van der Waals surface area contributed by atoms with Crippen LogP contribution in [0.15, 0.2) is 30.5 Å². The first-order chi connectivity index (χ1) is 16.5. The minimum Gasteiger partial charge on any atom is -0.494 e. The summed E-state index contributed by atoms with van der Waals surface area (Å²) in [7, 11) is 1.26. The van der Waals surface area contributed by atoms with Gasteiger partial charge in [-0.15, -0.1) is 16.4 Å². The van der Waals surface area contributed by atoms with Crippen molar-refractivity contribution in [2.75, 3.05) is 19.4 Å². The zero-order valence-corrected chi connectivity index (χ0v) is 19.5. The molecule has 0 radical (unpaired) electrons. The molecule has 0 saturated heterocycles. The van der Waals surface area contributed by atoms with Crippen LogP contribution in [-0.4, -0.2) is 44.9 Å². The molecule has 176 valence electrons. The van der Waals surface area contributed by atoms with Gasteiger partial charge in [0.1, 0.15) is 11.5 Å². The van der Waals surface area contributed by atoms with Crippen LogP contribution in [0.5, 0.6) is 5.75 Å². The van der Waals surface area contributed by atoms with E-state index in [0.717, 1.165) is 40.9 Å². The summed E-state index contributed by atoms with van der Waals surface area (Å²) in [6.07, 6.45) is 4.75. The Bertz CT molecular complexity index is 1350. The fourth-order valence-corrected chi connectivity index (χ4v) is 5.41. The van der Waals surface area contributed by atoms with Gasteiger partial charge in [0.25, 0.3) is 0 Å². The number of ether oxygens (including phenoxy) is 1. The summed E-state index contributed by atoms with van der Waals surface area (Å²) in [5.74, 6) is -2.12. The minimum atomic E-state index is -1.13. The van der Waals surface area contributed by atoms with Crippen molar-refractivity contribution in [3.63, 3.8) is 0 Å². The van der Waals surface area contributed by atoms with Gasteiger partial charge in [-0.25, -0.2) is 9.37 Å². The number of rotatable bonds is 5. The Labute approximate surface area is 198 Å². The molecule has 1 aliphatic heterocycles. The van der Waals surface area contributed by atoms with Crippen molar-refractivity contribution >= 4 is 17.2 Å². The molecule has 0 spiro atoms. The molecule has 4 heterocycles. The Morgan fingerprint density at radius 1 is 1.26 bits per heavy atom. The topological polar surface area (TPSA) is 104 Å². The molecule has 1 unspecified atom stereocenters. The van der Waals surface area contributed by atoms with Gasteiger partial charge in [-0.05, 0) is 66.1 Å². The summed E-state index contributed by atoms with van der Waals surface area (Å²) in [6, 6.07) is 7.16. The number of aromatic nitrogens is 5. The monoisotopic (exact) mass is 483 g/mol. The highest BCUT2D eigenvalue weighted by Gasteiger charge is 2.23. The van der Waals surface area contributed by atoms with Crippen LogP contribution in [0.25, 0.3) is 27.5 Å². The summed E-state index contributed by atoms with van der Waals surface area (Å²) in [5.41, 5.74) is 8.62. The largest absolute Gasteiger partial charge is 0.494 e. The van der Waals surface area contributed by atoms with Crippen molar-refractivity contribution < 1.29 is 13.5 Å². The van der Waals surface area contributed by atoms with E-state index in [9.17, 15) is 8.78 Å². The summed E-state index contributed by atoms with van der Waals surface area (Å²) < 4.78 is 35.0. The number of halogens is 2. The second-order valence-corrected chi connectivity index (χ2v) is 9.20. The molecule has 1 atom stereocenters. The summed E-state index contributed by atoms with van der Waals surface area (Å²) in [6.45, 7) is 3.14. The molecular formula is C23H23F2N7OS. The number of benzene rings is 1. The van der Waals surface area contributed by atoms with Crippen LogP contribution in [0.2, 0.25) is 0 Å². The van der Waals surface area contributed by atoms with E-state index < -0.39 is 11.6 Å². The highest BCUT2D eigenvalue weighted by atomic mass is 32.1. The molecule has 1 aliphatic rings. The Morgan fingerprint density at radius 2 is 2.12 bits per heavy atom. The van der Waals surface area contributed by atoms with E-state index >= 15 is 0 Å². The van der Waals surface area contributed by atoms with Crippen molar-refractivity contribution in [2.45, 2.75) is 32.2 Å². The normalized spacial score (nSPS) is 15.7. The number of fused-ring (bicyclic) bond motifs is 1. The quantitative estimate of drug-likeness (QED) is 0.445. The Balaban J connectivity index is 1.56. The molecule has 34 heavy (non-hydrogen) atoms. The predicted octanol–water partition coefficient (Wildman–Crippen LogP) is 3.79. The van der Waals surface area contributed by atoms with Gasteiger partial charge in [0, 0.05) is 27.6 Å². The number of thiophene rings is 1. The highest BCUT2D eigenvalue weighted by molar-refractivity contribution is 7.15. The number of nitrogens with zero attached hydrogens (tertiary/aromatic N) is 5. The maximum absolute atomic E-state index is 14.8. The number of anilines is 1. The average Bonchev–Trinajstić information content (AvgIpc) is 3.43. The maximum atomic E-state index is 14.8. The van der Waals surface area contributed by atoms with Crippen LogP contribution < -0.4 is 15.8 Å². The second-order valence-electron chi connectivity index (χ2n) is 8.06. The van der Waals surface area contributed by atoms with E-state index in [1.165, 1.54) is 29.7 Å². The zero-order chi connectivity index (χ0) is 23.8. The third-order valence-electron chi connectivity index (χ3n) is 6.04. The molecule has 0 saturated carbocycles. The zero-order valence-electron chi connectivity index (χ0n) is 18.7. The first-order valence-corrected chi connectivity index (χ1v) is 11.7. The van der Waals surface area contributed by atoms with Crippen LogP contribution in [0, 0.1) is 11.6 Å². The molecule has 0 bridgehead atoms. The predicted molar refractivity (Wildman–Crippen MR) is 126 cm³/mol. The fourth-order valence-electron chi connectivity index (χ4n) is 4.14. The molecule has 8 nitrogen and oxygen atoms in total. The number of nitrogen functional groups attached to an aromatic ring is 1. The number of pyridine rings is 1. The molecule has 5 rings (SSSR count). The summed E-state index contributed by atoms with van der Waals surface area (Å²) in [4.78, 5) is 6.78. The van der Waals surface area contributed by atoms with Gasteiger partial charge >= 0.3 is 0 Å². The lowest BCUT2D eigenvalue weighted by atomic mass is 10.1. The lowest BCUT2D eigenvalue weighted by molar-refractivity contribution is 0.371. The second kappa shape index (κ2) is 9.07. The average molecular weight is 484 g/mol. The van der Waals surface area contributed by atoms with Crippen molar-refractivity contribution in [2.24, 2.45) is 0 Å². The van der Waals surface area contributed by atoms with Gasteiger partial charge in [0.05, 0.1) is 12.7 Å². The number of nitrogens with one attached hydrogen (secondary N) is 1. The summed E-state index contributed by atoms with van der Waals surface area (Å²) in [5, 5.41) is 15.1. The lowest BCUT2D eigenvalue weighted by Gasteiger charge is -2.12. The van der Waals surface area contributed by atoms with Crippen LogP contribution in [0.4, 0.5) is 14.6 Å². The van der Waals surface area contributed by atoms with Gasteiger partial charge in [-0.3, -0.25) is 0 Å². The van der Waals surface area contributed by atoms with E-state index in [-0.39, 0.29) is 23.1 Å². The van der Waals surface area contributed by atoms with Crippen LogP contribution in [0.1, 0.15) is 23.8 Å². The van der Waals surface area contributed by atoms with Gasteiger partial charge in [-0.2, -0.15) is 9.07 Å². The van der Waals surface area contributed by atoms with Gasteiger partial charge in [0.2, 0.25) is 5.82 Å². The van der Waals surface area contributed by atoms with Crippen LogP contribution >= 0.6 is 11.3 Å². The molecule has 0 amide bonds. The molecule has 0 fully saturated rings. The first-order valence-electron chi connectivity index (χ1n) is 10.9. The van der Waals surface area contributed by atoms with Crippen molar-refractivity contribution in [3.05, 3.63) is 52.5 Å². The van der Waals surface area contributed by atoms with Crippen molar-refractivity contribution in [1.82, 2.24) is 30.5 Å². The van der Waals surface area contributed by atoms with E-state index in [4.69, 9.17) is 10.5 Å². The molecule has 0 aliphatic carbocycles. The Morgan fingerprint density at radius 3 is 2.91 bits per heavy atom. The lowest BCUT2D eigenvalue weighted by Crippen LogP contribution is -2.29. The van der Waals surface area contributed by atoms with E-state index in [1.807, 2.05) is 6.07 Å². The standard InChI is InChI=1S/C23H23F2N7OS/c1-3-14-10-19-12(6-7-27-14)9-18(34-19)13-8-15(22(26)28-11-13)23-29-30-31-32(23)16-4-5-17(33-2)21(25)20(16)24/h4-5,8-9,11,14,27H,3,6-7,10H2,1-2H3,(H2,26,28). The Kier molecular flexibility index (Phi) is 5.96. The Hall–Kier alpha value is -3.44. The van der Waals surface area contributed by atoms with Gasteiger partial charge < -0.3 is 15.8 Å². The third kappa shape index (κ3) is 3.90.